The third kappa shape index (κ3) is 12.8. The molecule has 4 aliphatic rings. The molecule has 8 rings (SSSR count). The fourth-order valence-electron chi connectivity index (χ4n) is 11.8. The van der Waals surface area contributed by atoms with Gasteiger partial charge in [-0.05, 0) is 74.2 Å². The Kier molecular flexibility index (Phi) is 17.5. The third-order valence-corrected chi connectivity index (χ3v) is 17.3. The number of ether oxygens (including phenoxy) is 1. The van der Waals surface area contributed by atoms with E-state index in [2.05, 4.69) is 74.3 Å². The van der Waals surface area contributed by atoms with Crippen LogP contribution in [0.5, 0.6) is 5.75 Å². The van der Waals surface area contributed by atoms with Gasteiger partial charge in [-0.1, -0.05) is 84.3 Å². The van der Waals surface area contributed by atoms with Crippen molar-refractivity contribution in [3.63, 3.8) is 0 Å². The van der Waals surface area contributed by atoms with Crippen LogP contribution in [-0.2, 0) is 14.4 Å². The number of amides is 4. The lowest BCUT2D eigenvalue weighted by atomic mass is 9.49. The molecule has 17 nitrogen and oxygen atoms in total. The van der Waals surface area contributed by atoms with E-state index in [0.717, 1.165) is 99.4 Å². The van der Waals surface area contributed by atoms with Crippen LogP contribution in [0.4, 0.5) is 5.82 Å². The average Bonchev–Trinajstić information content (AvgIpc) is 4.04. The first-order valence-corrected chi connectivity index (χ1v) is 27.9. The first kappa shape index (κ1) is 56.5. The molecule has 5 heterocycles. The molecule has 4 amide bonds. The minimum atomic E-state index is -0.890. The molecule has 3 saturated heterocycles. The quantitative estimate of drug-likeness (QED) is 0.0940. The maximum Gasteiger partial charge on any atom is 0.253 e. The number of aromatic nitrogens is 2. The minimum Gasteiger partial charge on any atom is -0.489 e. The van der Waals surface area contributed by atoms with Gasteiger partial charge in [0.25, 0.3) is 5.91 Å². The Morgan fingerprint density at radius 3 is 2.12 bits per heavy atom. The number of piperazine rings is 2. The summed E-state index contributed by atoms with van der Waals surface area (Å²) in [6.45, 7) is 26.8. The van der Waals surface area contributed by atoms with Crippen LogP contribution < -0.4 is 25.6 Å². The number of rotatable bonds is 17. The van der Waals surface area contributed by atoms with Crippen molar-refractivity contribution < 1.29 is 29.0 Å². The standard InChI is InChI=1S/C57H76ClN11O6S/c1-36(38-11-13-39(14-12-38)48-37(2)61-35-76-48)62-51(73)45-29-42(70)33-69(45)52(74)49(55(3,4)5)63-47(71)34-67-23-21-65(22-24-67)19-10-20-66-25-27-68(28-26-66)46-18-16-41(32-60-46)50(72)64-53-56(6,7)54(57(53,8)9)75-43-17-15-40(31-59)44(58)30-43/h11-18,30,32,35-36,42,45,49,53-54,70H,10,19-29,33-34H2,1-9H3,(H,62,73)(H,63,71)(H,64,72)/t36?,42-,45+,49?,53?,54?/m1/s1. The number of nitrogens with zero attached hydrogens (tertiary/aromatic N) is 8. The molecule has 0 radical (unpaired) electrons. The molecule has 3 aliphatic heterocycles. The summed E-state index contributed by atoms with van der Waals surface area (Å²) in [5.74, 6) is 0.317. The number of hydrogen-bond acceptors (Lipinski definition) is 14. The Hall–Kier alpha value is -5.68. The van der Waals surface area contributed by atoms with E-state index in [-0.39, 0.29) is 72.2 Å². The van der Waals surface area contributed by atoms with Crippen LogP contribution in [0, 0.1) is 34.5 Å². The van der Waals surface area contributed by atoms with Gasteiger partial charge >= 0.3 is 0 Å². The second-order valence-electron chi connectivity index (χ2n) is 23.4. The molecule has 4 fully saturated rings. The average molecular weight is 1080 g/mol. The number of halogens is 1. The summed E-state index contributed by atoms with van der Waals surface area (Å²) < 4.78 is 6.39. The number of thiazole rings is 1. The number of nitriles is 1. The number of aliphatic hydroxyl groups is 1. The molecule has 76 heavy (non-hydrogen) atoms. The largest absolute Gasteiger partial charge is 0.489 e. The van der Waals surface area contributed by atoms with E-state index < -0.39 is 23.6 Å². The molecule has 0 bridgehead atoms. The number of likely N-dealkylation sites (tertiary alicyclic amines) is 1. The highest BCUT2D eigenvalue weighted by atomic mass is 35.5. The molecule has 1 aliphatic carbocycles. The van der Waals surface area contributed by atoms with Crippen molar-refractivity contribution >= 4 is 52.4 Å². The van der Waals surface area contributed by atoms with Gasteiger partial charge in [0.05, 0.1) is 50.9 Å². The number of carbonyl (C=O) groups excluding carboxylic acids is 4. The topological polar surface area (TPSA) is 200 Å². The SMILES string of the molecule is Cc1ncsc1-c1ccc(C(C)NC(=O)[C@@H]2C[C@@H](O)CN2C(=O)C(NC(=O)CN2CCN(CCCN3CCN(c4ccc(C(=O)NC5C(C)(C)C(Oc6ccc(C#N)c(Cl)c6)C5(C)C)cn4)CC3)CC2)C(C)(C)C)cc1. The molecule has 0 spiro atoms. The predicted molar refractivity (Wildman–Crippen MR) is 296 cm³/mol. The Morgan fingerprint density at radius 1 is 0.895 bits per heavy atom. The summed E-state index contributed by atoms with van der Waals surface area (Å²) in [6, 6.07) is 16.7. The lowest BCUT2D eigenvalue weighted by Crippen LogP contribution is -2.74. The van der Waals surface area contributed by atoms with Gasteiger partial charge in [-0.3, -0.25) is 29.0 Å². The van der Waals surface area contributed by atoms with Gasteiger partial charge in [-0.25, -0.2) is 9.97 Å². The van der Waals surface area contributed by atoms with Crippen LogP contribution in [0.3, 0.4) is 0 Å². The second kappa shape index (κ2) is 23.5. The zero-order valence-electron chi connectivity index (χ0n) is 45.6. The fraction of sp³-hybridized carbons (Fsp3) is 0.561. The fourth-order valence-corrected chi connectivity index (χ4v) is 12.9. The van der Waals surface area contributed by atoms with Gasteiger partial charge in [0.2, 0.25) is 17.7 Å². The molecule has 4 aromatic rings. The van der Waals surface area contributed by atoms with Crippen molar-refractivity contribution in [2.45, 2.75) is 112 Å². The smallest absolute Gasteiger partial charge is 0.253 e. The molecular formula is C57H76ClN11O6S. The molecule has 4 atom stereocenters. The summed E-state index contributed by atoms with van der Waals surface area (Å²) in [6.07, 6.45) is 1.76. The summed E-state index contributed by atoms with van der Waals surface area (Å²) in [5.41, 5.74) is 4.27. The highest BCUT2D eigenvalue weighted by molar-refractivity contribution is 7.13. The number of benzene rings is 2. The number of nitrogens with one attached hydrogen (secondary N) is 3. The molecule has 4 N–H and O–H groups in total. The van der Waals surface area contributed by atoms with Gasteiger partial charge in [-0.2, -0.15) is 5.26 Å². The van der Waals surface area contributed by atoms with E-state index in [9.17, 15) is 29.5 Å². The Bertz CT molecular complexity index is 2730. The summed E-state index contributed by atoms with van der Waals surface area (Å²) >= 11 is 7.85. The van der Waals surface area contributed by atoms with Crippen LogP contribution in [0.25, 0.3) is 10.4 Å². The van der Waals surface area contributed by atoms with Crippen molar-refractivity contribution in [1.82, 2.24) is 45.5 Å². The molecule has 1 saturated carbocycles. The molecular weight excluding hydrogens is 1000 g/mol. The van der Waals surface area contributed by atoms with E-state index in [0.29, 0.717) is 21.9 Å². The summed E-state index contributed by atoms with van der Waals surface area (Å²) in [7, 11) is 0. The van der Waals surface area contributed by atoms with Gasteiger partial charge in [-0.15, -0.1) is 11.3 Å². The summed E-state index contributed by atoms with van der Waals surface area (Å²) in [4.78, 5) is 76.1. The number of pyridine rings is 1. The minimum absolute atomic E-state index is 0.0171. The van der Waals surface area contributed by atoms with Crippen molar-refractivity contribution in [1.29, 1.82) is 5.26 Å². The van der Waals surface area contributed by atoms with Crippen molar-refractivity contribution in [3.8, 4) is 22.3 Å². The van der Waals surface area contributed by atoms with Crippen LogP contribution in [-0.4, -0.2) is 167 Å². The number of hydrogen-bond donors (Lipinski definition) is 4. The first-order chi connectivity index (χ1) is 36.0. The second-order valence-corrected chi connectivity index (χ2v) is 24.6. The van der Waals surface area contributed by atoms with Crippen LogP contribution in [0.2, 0.25) is 5.02 Å². The third-order valence-electron chi connectivity index (χ3n) is 16.0. The van der Waals surface area contributed by atoms with Gasteiger partial charge < -0.3 is 40.5 Å². The molecule has 2 aromatic heterocycles. The molecule has 2 unspecified atom stereocenters. The number of aliphatic hydroxyl groups excluding tert-OH is 1. The van der Waals surface area contributed by atoms with E-state index in [1.165, 1.54) is 4.90 Å². The molecule has 19 heteroatoms. The van der Waals surface area contributed by atoms with E-state index >= 15 is 0 Å². The monoisotopic (exact) mass is 1080 g/mol. The van der Waals surface area contributed by atoms with Gasteiger partial charge in [0.15, 0.2) is 0 Å². The molecule has 2 aromatic carbocycles. The Labute approximate surface area is 457 Å². The van der Waals surface area contributed by atoms with Gasteiger partial charge in [0.1, 0.15) is 35.8 Å². The molecule has 408 valence electrons. The zero-order valence-corrected chi connectivity index (χ0v) is 47.1. The van der Waals surface area contributed by atoms with E-state index in [4.69, 9.17) is 21.3 Å². The maximum atomic E-state index is 14.3. The summed E-state index contributed by atoms with van der Waals surface area (Å²) in [5, 5.41) is 29.7. The predicted octanol–water partition coefficient (Wildman–Crippen LogP) is 6.15. The number of anilines is 1. The maximum absolute atomic E-state index is 14.3. The van der Waals surface area contributed by atoms with E-state index in [1.807, 2.05) is 76.5 Å². The number of aryl methyl sites for hydroxylation is 1. The van der Waals surface area contributed by atoms with Crippen molar-refractivity contribution in [2.24, 2.45) is 16.2 Å². The van der Waals surface area contributed by atoms with Crippen molar-refractivity contribution in [2.75, 3.05) is 83.4 Å². The van der Waals surface area contributed by atoms with Gasteiger partial charge in [0, 0.05) is 94.5 Å². The van der Waals surface area contributed by atoms with Crippen LogP contribution >= 0.6 is 22.9 Å². The highest BCUT2D eigenvalue weighted by Crippen LogP contribution is 2.55. The zero-order chi connectivity index (χ0) is 54.7. The van der Waals surface area contributed by atoms with Crippen molar-refractivity contribution in [3.05, 3.63) is 93.7 Å². The lowest BCUT2D eigenvalue weighted by Gasteiger charge is -2.63. The Balaban J connectivity index is 0.728. The van der Waals surface area contributed by atoms with E-state index in [1.54, 1.807) is 35.7 Å². The normalized spacial score (nSPS) is 22.7. The van der Waals surface area contributed by atoms with Crippen LogP contribution in [0.15, 0.2) is 66.3 Å². The highest BCUT2D eigenvalue weighted by Gasteiger charge is 2.64. The Morgan fingerprint density at radius 2 is 1.54 bits per heavy atom. The van der Waals surface area contributed by atoms with Crippen LogP contribution in [0.1, 0.15) is 101 Å². The number of β-amino-alcohol motifs (C(OH)–C–C–N with tert-alkyl or cyclic N) is 1. The number of carbonyl (C=O) groups is 4. The first-order valence-electron chi connectivity index (χ1n) is 26.7. The lowest BCUT2D eigenvalue weighted by molar-refractivity contribution is -0.164.